The number of hydrogen-bond donors (Lipinski definition) is 3. The Morgan fingerprint density at radius 3 is 1.95 bits per heavy atom. The summed E-state index contributed by atoms with van der Waals surface area (Å²) in [5, 5.41) is 19.4. The molecule has 0 radical (unpaired) electrons. The Balaban J connectivity index is 0. The van der Waals surface area contributed by atoms with Crippen LogP contribution in [0.25, 0.3) is 0 Å². The van der Waals surface area contributed by atoms with Gasteiger partial charge in [0, 0.05) is 25.9 Å². The van der Waals surface area contributed by atoms with Crippen molar-refractivity contribution >= 4 is 5.69 Å². The van der Waals surface area contributed by atoms with Crippen LogP contribution in [-0.4, -0.2) is 49.8 Å². The van der Waals surface area contributed by atoms with Crippen LogP contribution < -0.4 is 5.32 Å². The molecule has 0 saturated carbocycles. The third-order valence-electron chi connectivity index (χ3n) is 6.05. The summed E-state index contributed by atoms with van der Waals surface area (Å²) in [6.45, 7) is 16.5. The van der Waals surface area contributed by atoms with Gasteiger partial charge in [0.1, 0.15) is 5.83 Å². The second-order valence-electron chi connectivity index (χ2n) is 9.87. The molecule has 2 aromatic rings. The lowest BCUT2D eigenvalue weighted by molar-refractivity contribution is -0.0903. The maximum absolute atomic E-state index is 12.3. The number of rotatable bonds is 9. The van der Waals surface area contributed by atoms with Crippen molar-refractivity contribution in [2.75, 3.05) is 32.7 Å². The number of aryl methyl sites for hydroxylation is 2. The highest BCUT2D eigenvalue weighted by Gasteiger charge is 2.28. The fraction of sp³-hybridized carbons (Fsp3) is 0.500. The van der Waals surface area contributed by atoms with Crippen LogP contribution in [0.5, 0.6) is 0 Å². The van der Waals surface area contributed by atoms with E-state index < -0.39 is 0 Å². The highest BCUT2D eigenvalue weighted by atomic mass is 19.1. The first-order valence-corrected chi connectivity index (χ1v) is 15.0. The Morgan fingerprint density at radius 2 is 1.50 bits per heavy atom. The van der Waals surface area contributed by atoms with Gasteiger partial charge in [-0.25, -0.2) is 4.39 Å². The SMILES string of the molecule is C=C/C=C(F)\C=C/OCC.CCC.CCC1CC(CO)OC(Cc2ccc(C)cc2)C1.CNc1ccc(C)cc1.CO. The zero-order valence-electron chi connectivity index (χ0n) is 27.4. The largest absolute Gasteiger partial charge is 0.501 e. The summed E-state index contributed by atoms with van der Waals surface area (Å²) in [7, 11) is 2.92. The Labute approximate surface area is 256 Å². The first kappa shape index (κ1) is 41.2. The van der Waals surface area contributed by atoms with Crippen molar-refractivity contribution in [3.63, 3.8) is 0 Å². The zero-order chi connectivity index (χ0) is 32.2. The molecule has 2 aromatic carbocycles. The molecule has 3 atom stereocenters. The maximum Gasteiger partial charge on any atom is 0.126 e. The van der Waals surface area contributed by atoms with E-state index in [1.807, 2.05) is 14.0 Å². The van der Waals surface area contributed by atoms with Crippen molar-refractivity contribution in [2.45, 2.75) is 85.9 Å². The van der Waals surface area contributed by atoms with Gasteiger partial charge >= 0.3 is 0 Å². The van der Waals surface area contributed by atoms with Crippen molar-refractivity contribution in [1.82, 2.24) is 0 Å². The molecule has 6 heteroatoms. The minimum absolute atomic E-state index is 0.0409. The summed E-state index contributed by atoms with van der Waals surface area (Å²) in [6.07, 6.45) is 11.0. The molecule has 0 bridgehead atoms. The Hall–Kier alpha value is -2.93. The van der Waals surface area contributed by atoms with Crippen LogP contribution in [0.15, 0.2) is 85.4 Å². The Bertz CT molecular complexity index is 930. The first-order valence-electron chi connectivity index (χ1n) is 15.0. The summed E-state index contributed by atoms with van der Waals surface area (Å²) < 4.78 is 23.1. The number of allylic oxidation sites excluding steroid dienone is 4. The smallest absolute Gasteiger partial charge is 0.126 e. The van der Waals surface area contributed by atoms with E-state index in [1.54, 1.807) is 0 Å². The molecule has 1 saturated heterocycles. The standard InChI is InChI=1S/C16H24O2.C8H11FO.C8H11N.C3H8.CH4O/c1-3-13-8-15(18-16(9-13)11-17)10-14-6-4-12(2)5-7-14;1-3-5-8(9)6-7-10-4-2;1-7-3-5-8(9-2)6-4-7;1-3-2;1-2/h4-7,13,15-17H,3,8-11H2,1-2H3;3,5-7H,1,4H2,2H3;3-6,9H,1-2H3;3H2,1-2H3;2H,1H3/b;7-6-,8-5+;;;. The number of anilines is 1. The van der Waals surface area contributed by atoms with Crippen LogP contribution in [0.3, 0.4) is 0 Å². The van der Waals surface area contributed by atoms with E-state index in [-0.39, 0.29) is 24.6 Å². The molecule has 3 rings (SSSR count). The molecule has 0 amide bonds. The van der Waals surface area contributed by atoms with E-state index >= 15 is 0 Å². The fourth-order valence-corrected chi connectivity index (χ4v) is 3.89. The number of benzene rings is 2. The van der Waals surface area contributed by atoms with Gasteiger partial charge in [0.15, 0.2) is 0 Å². The molecule has 0 aromatic heterocycles. The monoisotopic (exact) mass is 587 g/mol. The molecule has 1 aliphatic rings. The van der Waals surface area contributed by atoms with Crippen LogP contribution in [0.1, 0.15) is 70.1 Å². The highest BCUT2D eigenvalue weighted by Crippen LogP contribution is 2.29. The van der Waals surface area contributed by atoms with E-state index in [2.05, 4.69) is 95.0 Å². The zero-order valence-corrected chi connectivity index (χ0v) is 27.4. The van der Waals surface area contributed by atoms with Gasteiger partial charge in [0.2, 0.25) is 0 Å². The van der Waals surface area contributed by atoms with Crippen LogP contribution in [0.2, 0.25) is 0 Å². The average Bonchev–Trinajstić information content (AvgIpc) is 3.01. The summed E-state index contributed by atoms with van der Waals surface area (Å²) in [4.78, 5) is 0. The van der Waals surface area contributed by atoms with Gasteiger partial charge in [-0.3, -0.25) is 0 Å². The number of hydrogen-bond acceptors (Lipinski definition) is 5. The van der Waals surface area contributed by atoms with E-state index in [0.29, 0.717) is 12.5 Å². The predicted octanol–water partition coefficient (Wildman–Crippen LogP) is 8.74. The lowest BCUT2D eigenvalue weighted by atomic mass is 9.87. The van der Waals surface area contributed by atoms with Gasteiger partial charge in [-0.1, -0.05) is 93.8 Å². The molecule has 238 valence electrons. The highest BCUT2D eigenvalue weighted by molar-refractivity contribution is 5.43. The van der Waals surface area contributed by atoms with Gasteiger partial charge < -0.3 is 25.0 Å². The van der Waals surface area contributed by atoms with E-state index in [4.69, 9.17) is 14.6 Å². The topological polar surface area (TPSA) is 71.0 Å². The maximum atomic E-state index is 12.3. The number of nitrogens with one attached hydrogen (secondary N) is 1. The van der Waals surface area contributed by atoms with Crippen LogP contribution in [0.4, 0.5) is 10.1 Å². The summed E-state index contributed by atoms with van der Waals surface area (Å²) in [5.74, 6) is 0.342. The molecule has 0 spiro atoms. The second-order valence-corrected chi connectivity index (χ2v) is 9.87. The molecule has 3 unspecified atom stereocenters. The molecular weight excluding hydrogens is 529 g/mol. The predicted molar refractivity (Wildman–Crippen MR) is 179 cm³/mol. The van der Waals surface area contributed by atoms with E-state index in [1.165, 1.54) is 59.7 Å². The fourth-order valence-electron chi connectivity index (χ4n) is 3.89. The molecular formula is C36H58FNO4. The van der Waals surface area contributed by atoms with Crippen LogP contribution >= 0.6 is 0 Å². The molecule has 42 heavy (non-hydrogen) atoms. The molecule has 1 heterocycles. The molecule has 3 N–H and O–H groups in total. The van der Waals surface area contributed by atoms with Crippen molar-refractivity contribution in [2.24, 2.45) is 5.92 Å². The lowest BCUT2D eigenvalue weighted by Gasteiger charge is -2.34. The summed E-state index contributed by atoms with van der Waals surface area (Å²) in [5.41, 5.74) is 5.09. The van der Waals surface area contributed by atoms with Gasteiger partial charge in [0.25, 0.3) is 0 Å². The number of halogens is 1. The third-order valence-corrected chi connectivity index (χ3v) is 6.05. The average molecular weight is 588 g/mol. The summed E-state index contributed by atoms with van der Waals surface area (Å²) in [6, 6.07) is 17.0. The second kappa shape index (κ2) is 28.2. The normalized spacial score (nSPS) is 17.5. The number of ether oxygens (including phenoxy) is 2. The molecule has 1 fully saturated rings. The molecule has 5 nitrogen and oxygen atoms in total. The molecule has 0 aliphatic carbocycles. The van der Waals surface area contributed by atoms with Crippen molar-refractivity contribution in [1.29, 1.82) is 0 Å². The first-order chi connectivity index (χ1) is 20.3. The Morgan fingerprint density at radius 1 is 0.976 bits per heavy atom. The van der Waals surface area contributed by atoms with E-state index in [0.717, 1.165) is 26.4 Å². The molecule has 1 aliphatic heterocycles. The van der Waals surface area contributed by atoms with Gasteiger partial charge in [-0.05, 0) is 69.7 Å². The Kier molecular flexibility index (Phi) is 27.7. The van der Waals surface area contributed by atoms with Crippen molar-refractivity contribution in [3.8, 4) is 0 Å². The van der Waals surface area contributed by atoms with Gasteiger partial charge in [0.05, 0.1) is 31.7 Å². The van der Waals surface area contributed by atoms with Crippen molar-refractivity contribution < 1.29 is 24.1 Å². The number of aliphatic hydroxyl groups excluding tert-OH is 2. The van der Waals surface area contributed by atoms with Crippen LogP contribution in [-0.2, 0) is 15.9 Å². The number of aliphatic hydroxyl groups is 2. The summed E-state index contributed by atoms with van der Waals surface area (Å²) >= 11 is 0. The lowest BCUT2D eigenvalue weighted by Crippen LogP contribution is -2.36. The quantitative estimate of drug-likeness (QED) is 0.202. The van der Waals surface area contributed by atoms with Crippen molar-refractivity contribution in [3.05, 3.63) is 102 Å². The van der Waals surface area contributed by atoms with E-state index in [9.17, 15) is 9.50 Å². The van der Waals surface area contributed by atoms with Crippen LogP contribution in [0, 0.1) is 19.8 Å². The van der Waals surface area contributed by atoms with Gasteiger partial charge in [-0.15, -0.1) is 0 Å². The minimum atomic E-state index is -0.358. The third kappa shape index (κ3) is 21.8. The van der Waals surface area contributed by atoms with Gasteiger partial charge in [-0.2, -0.15) is 0 Å². The minimum Gasteiger partial charge on any atom is -0.501 e.